The van der Waals surface area contributed by atoms with Crippen LogP contribution in [0.2, 0.25) is 0 Å². The van der Waals surface area contributed by atoms with Gasteiger partial charge in [0.2, 0.25) is 0 Å². The van der Waals surface area contributed by atoms with Gasteiger partial charge < -0.3 is 19.9 Å². The van der Waals surface area contributed by atoms with Crippen molar-refractivity contribution in [2.24, 2.45) is 11.7 Å². The smallest absolute Gasteiger partial charge is 0.325 e. The number of carbonyl (C=O) groups is 1. The Kier molecular flexibility index (Phi) is 9.03. The van der Waals surface area contributed by atoms with Crippen molar-refractivity contribution in [3.05, 3.63) is 35.9 Å². The normalized spacial score (nSPS) is 29.9. The van der Waals surface area contributed by atoms with Gasteiger partial charge in [-0.2, -0.15) is 0 Å². The van der Waals surface area contributed by atoms with Gasteiger partial charge in [-0.3, -0.25) is 4.79 Å². The molecule has 27 heavy (non-hydrogen) atoms. The first kappa shape index (κ1) is 22.2. The van der Waals surface area contributed by atoms with Crippen LogP contribution in [0.3, 0.4) is 0 Å². The molecule has 1 aliphatic heterocycles. The lowest BCUT2D eigenvalue weighted by Gasteiger charge is -2.33. The standard InChI is InChI=1S/C21H31NO4.ClH/c1-15-20(26-18-9-5-6-10-18)17(12-11-16-7-3-2-4-8-16)13-24-14-19(22)21(23)25-15;/h2-4,7-8,15,17-20H,5-6,9-14,22H2,1H3;1H/t15-,17-,19-,20-;/m0./s1. The molecule has 1 heterocycles. The molecule has 1 saturated heterocycles. The van der Waals surface area contributed by atoms with E-state index in [2.05, 4.69) is 24.3 Å². The molecular weight excluding hydrogens is 366 g/mol. The molecule has 2 aliphatic rings. The van der Waals surface area contributed by atoms with Gasteiger partial charge in [0, 0.05) is 5.92 Å². The van der Waals surface area contributed by atoms with Gasteiger partial charge in [-0.15, -0.1) is 12.4 Å². The van der Waals surface area contributed by atoms with Crippen LogP contribution in [0.5, 0.6) is 0 Å². The van der Waals surface area contributed by atoms with Crippen LogP contribution in [0.1, 0.15) is 44.6 Å². The van der Waals surface area contributed by atoms with Gasteiger partial charge in [0.25, 0.3) is 0 Å². The van der Waals surface area contributed by atoms with E-state index in [1.54, 1.807) is 0 Å². The summed E-state index contributed by atoms with van der Waals surface area (Å²) in [7, 11) is 0. The average Bonchev–Trinajstić information content (AvgIpc) is 3.16. The van der Waals surface area contributed by atoms with Crippen LogP contribution in [0.4, 0.5) is 0 Å². The highest BCUT2D eigenvalue weighted by Crippen LogP contribution is 2.29. The SMILES string of the molecule is C[C@@H]1OC(=O)[C@@H](N)COC[C@H](CCc2ccccc2)[C@H]1OC1CCCC1.Cl. The Labute approximate surface area is 168 Å². The van der Waals surface area contributed by atoms with Crippen molar-refractivity contribution in [2.75, 3.05) is 13.2 Å². The Morgan fingerprint density at radius 1 is 1.15 bits per heavy atom. The molecule has 1 aromatic rings. The van der Waals surface area contributed by atoms with E-state index in [1.165, 1.54) is 18.4 Å². The number of cyclic esters (lactones) is 1. The molecule has 3 rings (SSSR count). The Balaban J connectivity index is 0.00000261. The lowest BCUT2D eigenvalue weighted by atomic mass is 9.91. The van der Waals surface area contributed by atoms with Crippen LogP contribution in [-0.4, -0.2) is 43.5 Å². The minimum absolute atomic E-state index is 0. The van der Waals surface area contributed by atoms with Gasteiger partial charge in [0.1, 0.15) is 12.1 Å². The number of rotatable bonds is 5. The minimum Gasteiger partial charge on any atom is -0.459 e. The summed E-state index contributed by atoms with van der Waals surface area (Å²) < 4.78 is 17.8. The van der Waals surface area contributed by atoms with Gasteiger partial charge in [-0.05, 0) is 38.2 Å². The molecule has 6 heteroatoms. The topological polar surface area (TPSA) is 70.8 Å². The van der Waals surface area contributed by atoms with Crippen LogP contribution < -0.4 is 5.73 Å². The van der Waals surface area contributed by atoms with Crippen LogP contribution in [0.25, 0.3) is 0 Å². The number of halogens is 1. The second kappa shape index (κ2) is 11.0. The zero-order valence-corrected chi connectivity index (χ0v) is 16.9. The Morgan fingerprint density at radius 2 is 1.85 bits per heavy atom. The predicted octanol–water partition coefficient (Wildman–Crippen LogP) is 3.27. The molecule has 0 radical (unpaired) electrons. The fourth-order valence-electron chi connectivity index (χ4n) is 3.94. The third kappa shape index (κ3) is 6.46. The molecular formula is C21H32ClNO4. The largest absolute Gasteiger partial charge is 0.459 e. The fourth-order valence-corrected chi connectivity index (χ4v) is 3.94. The van der Waals surface area contributed by atoms with Gasteiger partial charge in [-0.1, -0.05) is 43.2 Å². The number of carbonyl (C=O) groups excluding carboxylic acids is 1. The van der Waals surface area contributed by atoms with Crippen molar-refractivity contribution < 1.29 is 19.0 Å². The summed E-state index contributed by atoms with van der Waals surface area (Å²) in [6.45, 7) is 2.66. The fraction of sp³-hybridized carbons (Fsp3) is 0.667. The van der Waals surface area contributed by atoms with Crippen molar-refractivity contribution in [2.45, 2.75) is 69.8 Å². The number of benzene rings is 1. The summed E-state index contributed by atoms with van der Waals surface area (Å²) >= 11 is 0. The van der Waals surface area contributed by atoms with Crippen molar-refractivity contribution >= 4 is 18.4 Å². The van der Waals surface area contributed by atoms with Crippen molar-refractivity contribution in [3.63, 3.8) is 0 Å². The van der Waals surface area contributed by atoms with Crippen molar-refractivity contribution in [1.82, 2.24) is 0 Å². The molecule has 1 aromatic carbocycles. The molecule has 0 aromatic heterocycles. The number of esters is 1. The first-order chi connectivity index (χ1) is 12.6. The van der Waals surface area contributed by atoms with Crippen LogP contribution in [0, 0.1) is 5.92 Å². The van der Waals surface area contributed by atoms with E-state index in [4.69, 9.17) is 19.9 Å². The number of hydrogen-bond acceptors (Lipinski definition) is 5. The van der Waals surface area contributed by atoms with Gasteiger partial charge in [0.15, 0.2) is 0 Å². The maximum Gasteiger partial charge on any atom is 0.325 e. The number of hydrogen-bond donors (Lipinski definition) is 1. The lowest BCUT2D eigenvalue weighted by Crippen LogP contribution is -2.42. The molecule has 152 valence electrons. The second-order valence-corrected chi connectivity index (χ2v) is 7.58. The highest BCUT2D eigenvalue weighted by Gasteiger charge is 2.35. The zero-order chi connectivity index (χ0) is 18.4. The molecule has 1 saturated carbocycles. The van der Waals surface area contributed by atoms with Gasteiger partial charge >= 0.3 is 5.97 Å². The number of aryl methyl sites for hydroxylation is 1. The third-order valence-corrected chi connectivity index (χ3v) is 5.46. The van der Waals surface area contributed by atoms with E-state index in [9.17, 15) is 4.79 Å². The molecule has 5 nitrogen and oxygen atoms in total. The summed E-state index contributed by atoms with van der Waals surface area (Å²) in [5.74, 6) is -0.231. The molecule has 0 spiro atoms. The minimum atomic E-state index is -0.725. The van der Waals surface area contributed by atoms with E-state index >= 15 is 0 Å². The van der Waals surface area contributed by atoms with E-state index in [0.717, 1.165) is 25.7 Å². The van der Waals surface area contributed by atoms with Crippen molar-refractivity contribution in [1.29, 1.82) is 0 Å². The summed E-state index contributed by atoms with van der Waals surface area (Å²) in [5, 5.41) is 0. The van der Waals surface area contributed by atoms with E-state index in [1.807, 2.05) is 13.0 Å². The zero-order valence-electron chi connectivity index (χ0n) is 16.0. The maximum atomic E-state index is 12.1. The first-order valence-electron chi connectivity index (χ1n) is 9.86. The van der Waals surface area contributed by atoms with E-state index in [-0.39, 0.29) is 43.2 Å². The molecule has 2 N–H and O–H groups in total. The van der Waals surface area contributed by atoms with E-state index in [0.29, 0.717) is 6.61 Å². The van der Waals surface area contributed by atoms with Gasteiger partial charge in [0.05, 0.1) is 25.4 Å². The quantitative estimate of drug-likeness (QED) is 0.772. The highest BCUT2D eigenvalue weighted by atomic mass is 35.5. The Hall–Kier alpha value is -1.14. The second-order valence-electron chi connectivity index (χ2n) is 7.58. The molecule has 4 atom stereocenters. The highest BCUT2D eigenvalue weighted by molar-refractivity contribution is 5.85. The summed E-state index contributed by atoms with van der Waals surface area (Å²) in [5.41, 5.74) is 7.16. The summed E-state index contributed by atoms with van der Waals surface area (Å²) in [6.07, 6.45) is 6.25. The molecule has 0 bridgehead atoms. The van der Waals surface area contributed by atoms with Gasteiger partial charge in [-0.25, -0.2) is 0 Å². The monoisotopic (exact) mass is 397 g/mol. The van der Waals surface area contributed by atoms with Crippen LogP contribution >= 0.6 is 12.4 Å². The summed E-state index contributed by atoms with van der Waals surface area (Å²) in [6, 6.07) is 9.71. The van der Waals surface area contributed by atoms with Crippen LogP contribution in [-0.2, 0) is 25.4 Å². The van der Waals surface area contributed by atoms with E-state index < -0.39 is 12.0 Å². The van der Waals surface area contributed by atoms with Crippen molar-refractivity contribution in [3.8, 4) is 0 Å². The number of ether oxygens (including phenoxy) is 3. The predicted molar refractivity (Wildman–Crippen MR) is 107 cm³/mol. The average molecular weight is 398 g/mol. The summed E-state index contributed by atoms with van der Waals surface area (Å²) in [4.78, 5) is 12.1. The molecule has 2 fully saturated rings. The van der Waals surface area contributed by atoms with Crippen LogP contribution in [0.15, 0.2) is 30.3 Å². The Bertz CT molecular complexity index is 565. The molecule has 0 unspecified atom stereocenters. The Morgan fingerprint density at radius 3 is 2.56 bits per heavy atom. The first-order valence-corrected chi connectivity index (χ1v) is 9.86. The maximum absolute atomic E-state index is 12.1. The molecule has 0 amide bonds. The molecule has 1 aliphatic carbocycles. The number of nitrogens with two attached hydrogens (primary N) is 1. The lowest BCUT2D eigenvalue weighted by molar-refractivity contribution is -0.164. The third-order valence-electron chi connectivity index (χ3n) is 5.46.